The molecule has 0 aliphatic rings. The molecule has 3 nitrogen and oxygen atoms in total. The van der Waals surface area contributed by atoms with Crippen molar-refractivity contribution in [1.29, 1.82) is 0 Å². The minimum Gasteiger partial charge on any atom is -0.459 e. The van der Waals surface area contributed by atoms with E-state index in [1.54, 1.807) is 0 Å². The fourth-order valence-corrected chi connectivity index (χ4v) is 2.11. The minimum atomic E-state index is -0.381. The molecule has 2 heterocycles. The van der Waals surface area contributed by atoms with Crippen molar-refractivity contribution in [3.8, 4) is 0 Å². The Morgan fingerprint density at radius 1 is 1.00 bits per heavy atom. The van der Waals surface area contributed by atoms with Crippen molar-refractivity contribution in [3.63, 3.8) is 0 Å². The highest BCUT2D eigenvalue weighted by Gasteiger charge is 2.17. The summed E-state index contributed by atoms with van der Waals surface area (Å²) in [4.78, 5) is 0. The molecular formula is C13H10BrNO2. The van der Waals surface area contributed by atoms with Gasteiger partial charge < -0.3 is 14.6 Å². The van der Waals surface area contributed by atoms with E-state index in [1.165, 1.54) is 0 Å². The summed E-state index contributed by atoms with van der Waals surface area (Å²) in [6, 6.07) is 13.0. The number of furan rings is 2. The van der Waals surface area contributed by atoms with Gasteiger partial charge >= 0.3 is 0 Å². The van der Waals surface area contributed by atoms with Crippen molar-refractivity contribution in [2.75, 3.05) is 0 Å². The number of hydrogen-bond acceptors (Lipinski definition) is 3. The molecule has 3 rings (SSSR count). The first-order chi connectivity index (χ1) is 8.24. The summed E-state index contributed by atoms with van der Waals surface area (Å²) < 4.78 is 11.8. The lowest BCUT2D eigenvalue weighted by atomic mass is 10.1. The number of hydrogen-bond donors (Lipinski definition) is 1. The van der Waals surface area contributed by atoms with Gasteiger partial charge in [-0.05, 0) is 40.2 Å². The zero-order valence-corrected chi connectivity index (χ0v) is 10.5. The van der Waals surface area contributed by atoms with E-state index < -0.39 is 0 Å². The molecule has 86 valence electrons. The average molecular weight is 292 g/mol. The summed E-state index contributed by atoms with van der Waals surface area (Å²) in [5.74, 6) is 1.38. The van der Waals surface area contributed by atoms with Crippen molar-refractivity contribution >= 4 is 26.9 Å². The van der Waals surface area contributed by atoms with Gasteiger partial charge in [-0.15, -0.1) is 0 Å². The molecule has 0 aliphatic heterocycles. The van der Waals surface area contributed by atoms with Gasteiger partial charge in [-0.2, -0.15) is 0 Å². The largest absolute Gasteiger partial charge is 0.459 e. The summed E-state index contributed by atoms with van der Waals surface area (Å²) in [5, 5.41) is 1.04. The van der Waals surface area contributed by atoms with Crippen LogP contribution in [0, 0.1) is 0 Å². The van der Waals surface area contributed by atoms with Gasteiger partial charge in [-0.25, -0.2) is 0 Å². The fourth-order valence-electron chi connectivity index (χ4n) is 1.79. The monoisotopic (exact) mass is 291 g/mol. The summed E-state index contributed by atoms with van der Waals surface area (Å²) in [7, 11) is 0. The molecule has 0 spiro atoms. The number of nitrogens with two attached hydrogens (primary N) is 1. The Morgan fingerprint density at radius 3 is 2.53 bits per heavy atom. The highest BCUT2D eigenvalue weighted by molar-refractivity contribution is 9.10. The maximum absolute atomic E-state index is 6.09. The second-order valence-electron chi connectivity index (χ2n) is 3.81. The van der Waals surface area contributed by atoms with E-state index in [1.807, 2.05) is 42.5 Å². The van der Waals surface area contributed by atoms with Crippen LogP contribution < -0.4 is 5.73 Å². The third-order valence-corrected chi connectivity index (χ3v) is 3.08. The van der Waals surface area contributed by atoms with Crippen molar-refractivity contribution < 1.29 is 8.83 Å². The van der Waals surface area contributed by atoms with Crippen LogP contribution in [-0.4, -0.2) is 0 Å². The van der Waals surface area contributed by atoms with E-state index >= 15 is 0 Å². The first-order valence-electron chi connectivity index (χ1n) is 5.23. The van der Waals surface area contributed by atoms with E-state index in [9.17, 15) is 0 Å². The highest BCUT2D eigenvalue weighted by Crippen LogP contribution is 2.28. The number of halogens is 1. The van der Waals surface area contributed by atoms with Gasteiger partial charge in [0.2, 0.25) is 0 Å². The first-order valence-corrected chi connectivity index (χ1v) is 6.02. The average Bonchev–Trinajstić information content (AvgIpc) is 2.93. The molecule has 0 amide bonds. The number of fused-ring (bicyclic) bond motifs is 1. The molecule has 4 heteroatoms. The molecule has 0 aliphatic carbocycles. The molecular weight excluding hydrogens is 282 g/mol. The molecule has 0 saturated heterocycles. The molecule has 2 aromatic heterocycles. The minimum absolute atomic E-state index is 0.381. The van der Waals surface area contributed by atoms with E-state index in [0.717, 1.165) is 11.0 Å². The number of para-hydroxylation sites is 1. The van der Waals surface area contributed by atoms with Crippen LogP contribution >= 0.6 is 15.9 Å². The summed E-state index contributed by atoms with van der Waals surface area (Å²) in [6.07, 6.45) is 0. The van der Waals surface area contributed by atoms with Crippen molar-refractivity contribution in [1.82, 2.24) is 0 Å². The predicted molar refractivity (Wildman–Crippen MR) is 68.7 cm³/mol. The van der Waals surface area contributed by atoms with Crippen molar-refractivity contribution in [2.24, 2.45) is 5.73 Å². The number of benzene rings is 1. The lowest BCUT2D eigenvalue weighted by molar-refractivity contribution is 0.433. The van der Waals surface area contributed by atoms with Gasteiger partial charge in [0.05, 0.1) is 0 Å². The van der Waals surface area contributed by atoms with E-state index in [4.69, 9.17) is 14.6 Å². The molecule has 3 aromatic rings. The quantitative estimate of drug-likeness (QED) is 0.780. The zero-order chi connectivity index (χ0) is 11.8. The summed E-state index contributed by atoms with van der Waals surface area (Å²) in [5.41, 5.74) is 6.92. The second kappa shape index (κ2) is 4.05. The van der Waals surface area contributed by atoms with Crippen LogP contribution in [0.4, 0.5) is 0 Å². The van der Waals surface area contributed by atoms with Crippen molar-refractivity contribution in [3.05, 3.63) is 58.7 Å². The number of rotatable bonds is 2. The Bertz CT molecular complexity index is 623. The summed E-state index contributed by atoms with van der Waals surface area (Å²) >= 11 is 3.25. The third-order valence-electron chi connectivity index (χ3n) is 2.65. The van der Waals surface area contributed by atoms with Crippen molar-refractivity contribution in [2.45, 2.75) is 6.04 Å². The van der Waals surface area contributed by atoms with Crippen LogP contribution in [-0.2, 0) is 0 Å². The zero-order valence-electron chi connectivity index (χ0n) is 8.89. The lowest BCUT2D eigenvalue weighted by Gasteiger charge is -2.03. The first kappa shape index (κ1) is 10.6. The molecule has 0 radical (unpaired) electrons. The van der Waals surface area contributed by atoms with Gasteiger partial charge in [0.25, 0.3) is 0 Å². The maximum atomic E-state index is 6.09. The molecule has 1 unspecified atom stereocenters. The summed E-state index contributed by atoms with van der Waals surface area (Å²) in [6.45, 7) is 0. The fraction of sp³-hybridized carbons (Fsp3) is 0.0769. The van der Waals surface area contributed by atoms with Crippen LogP contribution in [0.1, 0.15) is 17.6 Å². The van der Waals surface area contributed by atoms with Gasteiger partial charge in [0.1, 0.15) is 23.1 Å². The Balaban J connectivity index is 2.03. The molecule has 1 aromatic carbocycles. The standard InChI is InChI=1S/C13H10BrNO2/c14-12-6-5-10(17-12)13(15)11-7-8-3-1-2-4-9(8)16-11/h1-7,13H,15H2. The highest BCUT2D eigenvalue weighted by atomic mass is 79.9. The van der Waals surface area contributed by atoms with Gasteiger partial charge in [-0.1, -0.05) is 18.2 Å². The molecule has 0 bridgehead atoms. The van der Waals surface area contributed by atoms with Crippen LogP contribution in [0.2, 0.25) is 0 Å². The molecule has 0 fully saturated rings. The second-order valence-corrected chi connectivity index (χ2v) is 4.59. The maximum Gasteiger partial charge on any atom is 0.169 e. The Labute approximate surface area is 106 Å². The Kier molecular flexibility index (Phi) is 2.53. The predicted octanol–water partition coefficient (Wildman–Crippen LogP) is 3.84. The van der Waals surface area contributed by atoms with Crippen LogP contribution in [0.25, 0.3) is 11.0 Å². The Morgan fingerprint density at radius 2 is 1.82 bits per heavy atom. The smallest absolute Gasteiger partial charge is 0.169 e. The van der Waals surface area contributed by atoms with Gasteiger partial charge in [0.15, 0.2) is 4.67 Å². The van der Waals surface area contributed by atoms with Crippen LogP contribution in [0.5, 0.6) is 0 Å². The normalized spacial score (nSPS) is 13.1. The Hall–Kier alpha value is -1.52. The van der Waals surface area contributed by atoms with Gasteiger partial charge in [0, 0.05) is 5.39 Å². The van der Waals surface area contributed by atoms with E-state index in [0.29, 0.717) is 16.2 Å². The topological polar surface area (TPSA) is 52.3 Å². The lowest BCUT2D eigenvalue weighted by Crippen LogP contribution is -2.09. The molecule has 0 saturated carbocycles. The molecule has 17 heavy (non-hydrogen) atoms. The van der Waals surface area contributed by atoms with E-state index in [-0.39, 0.29) is 6.04 Å². The van der Waals surface area contributed by atoms with Crippen LogP contribution in [0.3, 0.4) is 0 Å². The van der Waals surface area contributed by atoms with Crippen LogP contribution in [0.15, 0.2) is 56.0 Å². The molecule has 1 atom stereocenters. The third kappa shape index (κ3) is 1.90. The van der Waals surface area contributed by atoms with E-state index in [2.05, 4.69) is 15.9 Å². The SMILES string of the molecule is NC(c1ccc(Br)o1)c1cc2ccccc2o1. The molecule has 2 N–H and O–H groups in total. The van der Waals surface area contributed by atoms with Gasteiger partial charge in [-0.3, -0.25) is 0 Å².